The fourth-order valence-corrected chi connectivity index (χ4v) is 2.09. The zero-order valence-electron chi connectivity index (χ0n) is 5.31. The van der Waals surface area contributed by atoms with Crippen LogP contribution in [0, 0.1) is 0 Å². The molecule has 48 valence electrons. The molecule has 1 rings (SSSR count). The van der Waals surface area contributed by atoms with E-state index >= 15 is 0 Å². The Morgan fingerprint density at radius 3 is 3.12 bits per heavy atom. The minimum atomic E-state index is 0.778. The number of hydrogen-bond donors (Lipinski definition) is 1. The molecule has 0 aromatic rings. The molecule has 0 unspecified atom stereocenters. The van der Waals surface area contributed by atoms with Gasteiger partial charge in [-0.2, -0.15) is 0 Å². The lowest BCUT2D eigenvalue weighted by Gasteiger charge is -2.04. The van der Waals surface area contributed by atoms with Crippen molar-refractivity contribution in [2.75, 3.05) is 12.3 Å². The van der Waals surface area contributed by atoms with Crippen LogP contribution in [-0.2, 0) is 0 Å². The second-order valence-electron chi connectivity index (χ2n) is 2.10. The van der Waals surface area contributed by atoms with Gasteiger partial charge in [0.1, 0.15) is 0 Å². The van der Waals surface area contributed by atoms with Crippen molar-refractivity contribution in [1.82, 2.24) is 5.32 Å². The van der Waals surface area contributed by atoms with Crippen LogP contribution in [0.3, 0.4) is 0 Å². The van der Waals surface area contributed by atoms with Gasteiger partial charge >= 0.3 is 0 Å². The van der Waals surface area contributed by atoms with E-state index in [0.29, 0.717) is 0 Å². The van der Waals surface area contributed by atoms with Crippen molar-refractivity contribution in [2.45, 2.75) is 25.1 Å². The molecular weight excluding hydrogens is 118 g/mol. The van der Waals surface area contributed by atoms with Crippen molar-refractivity contribution in [2.24, 2.45) is 0 Å². The second kappa shape index (κ2) is 3.36. The van der Waals surface area contributed by atoms with E-state index in [1.54, 1.807) is 0 Å². The number of rotatable bonds is 2. The zero-order chi connectivity index (χ0) is 5.82. The zero-order valence-corrected chi connectivity index (χ0v) is 6.13. The van der Waals surface area contributed by atoms with Crippen molar-refractivity contribution < 1.29 is 0 Å². The van der Waals surface area contributed by atoms with Gasteiger partial charge in [0.15, 0.2) is 0 Å². The van der Waals surface area contributed by atoms with Crippen LogP contribution in [0.4, 0.5) is 0 Å². The van der Waals surface area contributed by atoms with Gasteiger partial charge < -0.3 is 5.32 Å². The fraction of sp³-hybridized carbons (Fsp3) is 1.00. The maximum Gasteiger partial charge on any atom is 0.0532 e. The molecule has 1 saturated heterocycles. The predicted molar refractivity (Wildman–Crippen MR) is 39.2 cm³/mol. The molecule has 0 aromatic heterocycles. The third-order valence-electron chi connectivity index (χ3n) is 1.34. The minimum Gasteiger partial charge on any atom is -0.305 e. The largest absolute Gasteiger partial charge is 0.305 e. The summed E-state index contributed by atoms with van der Waals surface area (Å²) in [4.78, 5) is 0. The Kier molecular flexibility index (Phi) is 2.70. The van der Waals surface area contributed by atoms with Crippen LogP contribution in [0.5, 0.6) is 0 Å². The van der Waals surface area contributed by atoms with Crippen LogP contribution in [0.2, 0.25) is 0 Å². The first-order valence-corrected chi connectivity index (χ1v) is 4.33. The highest BCUT2D eigenvalue weighted by Gasteiger charge is 2.11. The molecule has 1 atom stereocenters. The van der Waals surface area contributed by atoms with Gasteiger partial charge in [0, 0.05) is 12.3 Å². The lowest BCUT2D eigenvalue weighted by atomic mass is 10.3. The van der Waals surface area contributed by atoms with E-state index in [2.05, 4.69) is 24.0 Å². The normalized spacial score (nSPS) is 28.9. The molecule has 0 saturated carbocycles. The third-order valence-corrected chi connectivity index (χ3v) is 2.59. The van der Waals surface area contributed by atoms with E-state index < -0.39 is 0 Å². The summed E-state index contributed by atoms with van der Waals surface area (Å²) in [7, 11) is 0. The highest BCUT2D eigenvalue weighted by Crippen LogP contribution is 2.17. The predicted octanol–water partition coefficient (Wildman–Crippen LogP) is 1.45. The molecule has 0 amide bonds. The van der Waals surface area contributed by atoms with Gasteiger partial charge in [-0.1, -0.05) is 13.3 Å². The van der Waals surface area contributed by atoms with E-state index in [4.69, 9.17) is 0 Å². The molecule has 1 N–H and O–H groups in total. The van der Waals surface area contributed by atoms with Crippen molar-refractivity contribution >= 4 is 11.8 Å². The number of nitrogens with one attached hydrogen (secondary N) is 1. The molecule has 0 bridgehead atoms. The number of hydrogen-bond acceptors (Lipinski definition) is 2. The molecule has 0 aliphatic carbocycles. The summed E-state index contributed by atoms with van der Waals surface area (Å²) in [5.41, 5.74) is 0. The van der Waals surface area contributed by atoms with Crippen molar-refractivity contribution in [3.63, 3.8) is 0 Å². The lowest BCUT2D eigenvalue weighted by Crippen LogP contribution is -2.18. The van der Waals surface area contributed by atoms with Crippen LogP contribution < -0.4 is 5.32 Å². The van der Waals surface area contributed by atoms with Crippen molar-refractivity contribution in [3.05, 3.63) is 0 Å². The maximum atomic E-state index is 3.42. The van der Waals surface area contributed by atoms with E-state index in [1.807, 2.05) is 0 Å². The summed E-state index contributed by atoms with van der Waals surface area (Å²) in [5, 5.41) is 4.20. The van der Waals surface area contributed by atoms with Crippen LogP contribution in [-0.4, -0.2) is 17.7 Å². The van der Waals surface area contributed by atoms with E-state index in [9.17, 15) is 0 Å². The molecule has 1 fully saturated rings. The third kappa shape index (κ3) is 1.67. The maximum absolute atomic E-state index is 3.42. The van der Waals surface area contributed by atoms with E-state index in [0.717, 1.165) is 5.37 Å². The molecule has 0 radical (unpaired) electrons. The average molecular weight is 131 g/mol. The Bertz CT molecular complexity index is 59.5. The number of thioether (sulfide) groups is 1. The van der Waals surface area contributed by atoms with Crippen LogP contribution in [0.15, 0.2) is 0 Å². The standard InChI is InChI=1S/C6H13NS/c1-2-3-6-7-4-5-8-6/h6-7H,2-5H2,1H3/t6-/m1/s1. The summed E-state index contributed by atoms with van der Waals surface area (Å²) in [6.45, 7) is 3.45. The van der Waals surface area contributed by atoms with Crippen molar-refractivity contribution in [1.29, 1.82) is 0 Å². The fourth-order valence-electron chi connectivity index (χ4n) is 0.928. The SMILES string of the molecule is CCC[C@@H]1NCCS1. The smallest absolute Gasteiger partial charge is 0.0532 e. The Hall–Kier alpha value is 0.310. The highest BCUT2D eigenvalue weighted by atomic mass is 32.2. The molecule has 1 aliphatic rings. The van der Waals surface area contributed by atoms with Crippen LogP contribution in [0.25, 0.3) is 0 Å². The molecular formula is C6H13NS. The quantitative estimate of drug-likeness (QED) is 0.608. The van der Waals surface area contributed by atoms with Crippen molar-refractivity contribution in [3.8, 4) is 0 Å². The molecule has 0 spiro atoms. The molecule has 2 heteroatoms. The molecule has 8 heavy (non-hydrogen) atoms. The Morgan fingerprint density at radius 1 is 1.75 bits per heavy atom. The molecule has 1 nitrogen and oxygen atoms in total. The topological polar surface area (TPSA) is 12.0 Å². The van der Waals surface area contributed by atoms with E-state index in [-0.39, 0.29) is 0 Å². The van der Waals surface area contributed by atoms with Crippen LogP contribution >= 0.6 is 11.8 Å². The second-order valence-corrected chi connectivity index (χ2v) is 3.41. The average Bonchev–Trinajstić information content (AvgIpc) is 2.19. The first kappa shape index (κ1) is 6.43. The minimum absolute atomic E-state index is 0.778. The monoisotopic (exact) mass is 131 g/mol. The van der Waals surface area contributed by atoms with Gasteiger partial charge in [-0.05, 0) is 6.42 Å². The summed E-state index contributed by atoms with van der Waals surface area (Å²) in [5.74, 6) is 1.31. The molecule has 0 aromatic carbocycles. The Labute approximate surface area is 55.2 Å². The Balaban J connectivity index is 2.06. The summed E-state index contributed by atoms with van der Waals surface area (Å²) in [6.07, 6.45) is 2.65. The van der Waals surface area contributed by atoms with E-state index in [1.165, 1.54) is 25.1 Å². The van der Waals surface area contributed by atoms with Gasteiger partial charge in [-0.25, -0.2) is 0 Å². The van der Waals surface area contributed by atoms with Gasteiger partial charge in [-0.15, -0.1) is 11.8 Å². The first-order chi connectivity index (χ1) is 3.93. The Morgan fingerprint density at radius 2 is 2.62 bits per heavy atom. The summed E-state index contributed by atoms with van der Waals surface area (Å²) >= 11 is 2.06. The summed E-state index contributed by atoms with van der Waals surface area (Å²) in [6, 6.07) is 0. The first-order valence-electron chi connectivity index (χ1n) is 3.28. The summed E-state index contributed by atoms with van der Waals surface area (Å²) < 4.78 is 0. The van der Waals surface area contributed by atoms with Gasteiger partial charge in [0.25, 0.3) is 0 Å². The molecule has 1 aliphatic heterocycles. The van der Waals surface area contributed by atoms with Gasteiger partial charge in [0.2, 0.25) is 0 Å². The van der Waals surface area contributed by atoms with Crippen LogP contribution in [0.1, 0.15) is 19.8 Å². The highest BCUT2D eigenvalue weighted by molar-refractivity contribution is 8.00. The lowest BCUT2D eigenvalue weighted by molar-refractivity contribution is 0.649. The molecule has 1 heterocycles. The van der Waals surface area contributed by atoms with Gasteiger partial charge in [-0.3, -0.25) is 0 Å². The van der Waals surface area contributed by atoms with Gasteiger partial charge in [0.05, 0.1) is 5.37 Å².